The standard InChI is InChI=1S/C16H22FNO2/c1-13(19)20-11-10-18-8-6-15(7-9-18)12-14-2-4-16(17)5-3-14/h2-5,15H,6-12H2,1H3. The van der Waals surface area contributed by atoms with Gasteiger partial charge in [0.2, 0.25) is 0 Å². The Bertz CT molecular complexity index is 425. The van der Waals surface area contributed by atoms with Crippen molar-refractivity contribution in [2.75, 3.05) is 26.2 Å². The first kappa shape index (κ1) is 15.0. The molecule has 1 aromatic rings. The summed E-state index contributed by atoms with van der Waals surface area (Å²) in [5.41, 5.74) is 1.21. The highest BCUT2D eigenvalue weighted by Gasteiger charge is 2.19. The molecule has 20 heavy (non-hydrogen) atoms. The van der Waals surface area contributed by atoms with Gasteiger partial charge in [-0.2, -0.15) is 0 Å². The van der Waals surface area contributed by atoms with Gasteiger partial charge < -0.3 is 4.74 Å². The van der Waals surface area contributed by atoms with E-state index in [4.69, 9.17) is 4.74 Å². The van der Waals surface area contributed by atoms with Gasteiger partial charge in [0.15, 0.2) is 0 Å². The van der Waals surface area contributed by atoms with E-state index in [9.17, 15) is 9.18 Å². The zero-order chi connectivity index (χ0) is 14.4. The van der Waals surface area contributed by atoms with Gasteiger partial charge in [0, 0.05) is 13.5 Å². The summed E-state index contributed by atoms with van der Waals surface area (Å²) < 4.78 is 17.8. The van der Waals surface area contributed by atoms with E-state index in [2.05, 4.69) is 4.90 Å². The molecule has 0 N–H and O–H groups in total. The molecule has 1 saturated heterocycles. The number of rotatable bonds is 5. The summed E-state index contributed by atoms with van der Waals surface area (Å²) in [4.78, 5) is 13.0. The van der Waals surface area contributed by atoms with Gasteiger partial charge in [-0.15, -0.1) is 0 Å². The SMILES string of the molecule is CC(=O)OCCN1CCC(Cc2ccc(F)cc2)CC1. The van der Waals surface area contributed by atoms with E-state index in [0.717, 1.165) is 38.9 Å². The van der Waals surface area contributed by atoms with Crippen molar-refractivity contribution >= 4 is 5.97 Å². The molecule has 0 aliphatic carbocycles. The first-order valence-electron chi connectivity index (χ1n) is 7.23. The van der Waals surface area contributed by atoms with Crippen LogP contribution in [0.15, 0.2) is 24.3 Å². The molecule has 0 atom stereocenters. The van der Waals surface area contributed by atoms with Crippen LogP contribution in [0.2, 0.25) is 0 Å². The Kier molecular flexibility index (Phi) is 5.53. The van der Waals surface area contributed by atoms with Crippen LogP contribution < -0.4 is 0 Å². The molecule has 1 aliphatic heterocycles. The number of esters is 1. The number of benzene rings is 1. The Hall–Kier alpha value is -1.42. The first-order chi connectivity index (χ1) is 9.63. The van der Waals surface area contributed by atoms with Gasteiger partial charge in [0.25, 0.3) is 0 Å². The molecule has 1 aliphatic rings. The molecule has 2 rings (SSSR count). The number of carbonyl (C=O) groups excluding carboxylic acids is 1. The number of likely N-dealkylation sites (tertiary alicyclic amines) is 1. The Morgan fingerprint density at radius 2 is 1.95 bits per heavy atom. The molecule has 1 heterocycles. The molecule has 1 fully saturated rings. The Labute approximate surface area is 119 Å². The van der Waals surface area contributed by atoms with Crippen molar-refractivity contribution in [3.05, 3.63) is 35.6 Å². The maximum Gasteiger partial charge on any atom is 0.302 e. The minimum absolute atomic E-state index is 0.172. The zero-order valence-corrected chi connectivity index (χ0v) is 12.0. The van der Waals surface area contributed by atoms with E-state index >= 15 is 0 Å². The van der Waals surface area contributed by atoms with Crippen molar-refractivity contribution in [2.24, 2.45) is 5.92 Å². The summed E-state index contributed by atoms with van der Waals surface area (Å²) in [6, 6.07) is 6.82. The second-order valence-electron chi connectivity index (χ2n) is 5.46. The Balaban J connectivity index is 1.68. The minimum atomic E-state index is -0.212. The van der Waals surface area contributed by atoms with Crippen molar-refractivity contribution in [1.82, 2.24) is 4.90 Å². The quantitative estimate of drug-likeness (QED) is 0.776. The third kappa shape index (κ3) is 4.93. The van der Waals surface area contributed by atoms with Crippen LogP contribution in [0, 0.1) is 11.7 Å². The summed E-state index contributed by atoms with van der Waals surface area (Å²) in [6.45, 7) is 4.84. The van der Waals surface area contributed by atoms with E-state index in [1.54, 1.807) is 0 Å². The number of hydrogen-bond acceptors (Lipinski definition) is 3. The smallest absolute Gasteiger partial charge is 0.302 e. The minimum Gasteiger partial charge on any atom is -0.465 e. The largest absolute Gasteiger partial charge is 0.465 e. The molecule has 0 saturated carbocycles. The van der Waals surface area contributed by atoms with Crippen molar-refractivity contribution in [1.29, 1.82) is 0 Å². The average molecular weight is 279 g/mol. The van der Waals surface area contributed by atoms with E-state index < -0.39 is 0 Å². The predicted molar refractivity (Wildman–Crippen MR) is 75.9 cm³/mol. The molecule has 0 bridgehead atoms. The summed E-state index contributed by atoms with van der Waals surface area (Å²) in [7, 11) is 0. The second kappa shape index (κ2) is 7.39. The van der Waals surface area contributed by atoms with Gasteiger partial charge in [-0.3, -0.25) is 9.69 Å². The fourth-order valence-electron chi connectivity index (χ4n) is 2.69. The molecule has 0 spiro atoms. The molecule has 3 nitrogen and oxygen atoms in total. The van der Waals surface area contributed by atoms with Gasteiger partial charge in [-0.25, -0.2) is 4.39 Å². The van der Waals surface area contributed by atoms with E-state index in [0.29, 0.717) is 12.5 Å². The molecule has 4 heteroatoms. The number of nitrogens with zero attached hydrogens (tertiary/aromatic N) is 1. The Morgan fingerprint density at radius 1 is 1.30 bits per heavy atom. The fourth-order valence-corrected chi connectivity index (χ4v) is 2.69. The normalized spacial score (nSPS) is 17.1. The van der Waals surface area contributed by atoms with Crippen molar-refractivity contribution in [2.45, 2.75) is 26.2 Å². The lowest BCUT2D eigenvalue weighted by atomic mass is 9.90. The van der Waals surface area contributed by atoms with Crippen LogP contribution in [0.5, 0.6) is 0 Å². The van der Waals surface area contributed by atoms with E-state index in [1.807, 2.05) is 12.1 Å². The highest BCUT2D eigenvalue weighted by atomic mass is 19.1. The number of carbonyl (C=O) groups is 1. The van der Waals surface area contributed by atoms with Crippen LogP contribution in [0.3, 0.4) is 0 Å². The summed E-state index contributed by atoms with van der Waals surface area (Å²) in [6.07, 6.45) is 3.33. The number of halogens is 1. The van der Waals surface area contributed by atoms with Crippen LogP contribution in [-0.4, -0.2) is 37.1 Å². The highest BCUT2D eigenvalue weighted by molar-refractivity contribution is 5.65. The maximum absolute atomic E-state index is 12.8. The molecular formula is C16H22FNO2. The van der Waals surface area contributed by atoms with Crippen molar-refractivity contribution in [3.8, 4) is 0 Å². The van der Waals surface area contributed by atoms with Crippen LogP contribution in [-0.2, 0) is 16.0 Å². The third-order valence-corrected chi connectivity index (χ3v) is 3.86. The third-order valence-electron chi connectivity index (χ3n) is 3.86. The number of ether oxygens (including phenoxy) is 1. The van der Waals surface area contributed by atoms with Crippen molar-refractivity contribution in [3.63, 3.8) is 0 Å². The number of piperidine rings is 1. The molecule has 0 aromatic heterocycles. The van der Waals surface area contributed by atoms with Crippen molar-refractivity contribution < 1.29 is 13.9 Å². The lowest BCUT2D eigenvalue weighted by Gasteiger charge is -2.31. The van der Waals surface area contributed by atoms with Crippen LogP contribution in [0.25, 0.3) is 0 Å². The first-order valence-corrected chi connectivity index (χ1v) is 7.23. The Morgan fingerprint density at radius 3 is 2.55 bits per heavy atom. The maximum atomic E-state index is 12.8. The van der Waals surface area contributed by atoms with Gasteiger partial charge >= 0.3 is 5.97 Å². The predicted octanol–water partition coefficient (Wildman–Crippen LogP) is 2.64. The molecule has 0 amide bonds. The number of hydrogen-bond donors (Lipinski definition) is 0. The van der Waals surface area contributed by atoms with Gasteiger partial charge in [0.1, 0.15) is 12.4 Å². The van der Waals surface area contributed by atoms with Crippen LogP contribution >= 0.6 is 0 Å². The molecule has 0 unspecified atom stereocenters. The second-order valence-corrected chi connectivity index (χ2v) is 5.46. The summed E-state index contributed by atoms with van der Waals surface area (Å²) in [5, 5.41) is 0. The van der Waals surface area contributed by atoms with Gasteiger partial charge in [-0.05, 0) is 56.0 Å². The molecule has 0 radical (unpaired) electrons. The topological polar surface area (TPSA) is 29.5 Å². The fraction of sp³-hybridized carbons (Fsp3) is 0.562. The summed E-state index contributed by atoms with van der Waals surface area (Å²) >= 11 is 0. The van der Waals surface area contributed by atoms with Gasteiger partial charge in [-0.1, -0.05) is 12.1 Å². The monoisotopic (exact) mass is 279 g/mol. The molecule has 1 aromatic carbocycles. The van der Waals surface area contributed by atoms with Gasteiger partial charge in [0.05, 0.1) is 0 Å². The van der Waals surface area contributed by atoms with Crippen LogP contribution in [0.4, 0.5) is 4.39 Å². The molecular weight excluding hydrogens is 257 g/mol. The average Bonchev–Trinajstić information content (AvgIpc) is 2.43. The molecule has 110 valence electrons. The summed E-state index contributed by atoms with van der Waals surface area (Å²) in [5.74, 6) is 0.288. The van der Waals surface area contributed by atoms with Crippen LogP contribution in [0.1, 0.15) is 25.3 Å². The zero-order valence-electron chi connectivity index (χ0n) is 12.0. The lowest BCUT2D eigenvalue weighted by molar-refractivity contribution is -0.141. The van der Waals surface area contributed by atoms with E-state index in [-0.39, 0.29) is 11.8 Å². The van der Waals surface area contributed by atoms with E-state index in [1.165, 1.54) is 24.6 Å². The lowest BCUT2D eigenvalue weighted by Crippen LogP contribution is -2.36. The highest BCUT2D eigenvalue weighted by Crippen LogP contribution is 2.21.